The highest BCUT2D eigenvalue weighted by Gasteiger charge is 2.23. The van der Waals surface area contributed by atoms with E-state index in [-0.39, 0.29) is 27.9 Å². The van der Waals surface area contributed by atoms with E-state index >= 15 is 0 Å². The quantitative estimate of drug-likeness (QED) is 0.716. The van der Waals surface area contributed by atoms with Crippen molar-refractivity contribution < 1.29 is 9.90 Å². The summed E-state index contributed by atoms with van der Waals surface area (Å²) in [5.74, 6) is -0.184. The van der Waals surface area contributed by atoms with Crippen molar-refractivity contribution in [2.45, 2.75) is 18.9 Å². The van der Waals surface area contributed by atoms with Crippen molar-refractivity contribution in [3.63, 3.8) is 0 Å². The van der Waals surface area contributed by atoms with Gasteiger partial charge in [0.15, 0.2) is 5.75 Å². The highest BCUT2D eigenvalue weighted by molar-refractivity contribution is 6.37. The maximum Gasteiger partial charge on any atom is 0.319 e. The zero-order valence-corrected chi connectivity index (χ0v) is 9.77. The molecule has 1 saturated carbocycles. The summed E-state index contributed by atoms with van der Waals surface area (Å²) in [6.07, 6.45) is 2.04. The summed E-state index contributed by atoms with van der Waals surface area (Å²) < 4.78 is 0. The first-order valence-electron chi connectivity index (χ1n) is 4.82. The van der Waals surface area contributed by atoms with Crippen LogP contribution in [0, 0.1) is 0 Å². The molecule has 0 aromatic heterocycles. The van der Waals surface area contributed by atoms with Crippen molar-refractivity contribution in [3.8, 4) is 5.75 Å². The molecule has 0 saturated heterocycles. The average Bonchev–Trinajstić information content (AvgIpc) is 2.97. The molecular formula is C10H10Cl2N2O2. The number of nitrogens with one attached hydrogen (secondary N) is 2. The molecule has 6 heteroatoms. The van der Waals surface area contributed by atoms with E-state index in [0.29, 0.717) is 5.69 Å². The van der Waals surface area contributed by atoms with Gasteiger partial charge in [0.2, 0.25) is 0 Å². The minimum atomic E-state index is -0.291. The van der Waals surface area contributed by atoms with Gasteiger partial charge in [0.05, 0.1) is 10.0 Å². The fraction of sp³-hybridized carbons (Fsp3) is 0.300. The van der Waals surface area contributed by atoms with Crippen LogP contribution in [0.15, 0.2) is 12.1 Å². The summed E-state index contributed by atoms with van der Waals surface area (Å²) in [6, 6.07) is 2.87. The van der Waals surface area contributed by atoms with Crippen molar-refractivity contribution in [2.75, 3.05) is 5.32 Å². The number of phenols is 1. The molecule has 0 aliphatic heterocycles. The van der Waals surface area contributed by atoms with Crippen molar-refractivity contribution in [1.82, 2.24) is 5.32 Å². The number of aromatic hydroxyl groups is 1. The van der Waals surface area contributed by atoms with E-state index in [1.807, 2.05) is 0 Å². The molecule has 0 radical (unpaired) electrons. The Hall–Kier alpha value is -1.13. The van der Waals surface area contributed by atoms with Crippen molar-refractivity contribution in [1.29, 1.82) is 0 Å². The number of carbonyl (C=O) groups excluding carboxylic acids is 1. The number of benzene rings is 1. The number of halogens is 2. The van der Waals surface area contributed by atoms with Gasteiger partial charge in [-0.25, -0.2) is 4.79 Å². The van der Waals surface area contributed by atoms with Gasteiger partial charge in [-0.3, -0.25) is 0 Å². The van der Waals surface area contributed by atoms with Crippen LogP contribution < -0.4 is 10.6 Å². The van der Waals surface area contributed by atoms with Crippen molar-refractivity contribution in [2.24, 2.45) is 0 Å². The highest BCUT2D eigenvalue weighted by Crippen LogP contribution is 2.34. The first-order chi connectivity index (χ1) is 7.56. The third kappa shape index (κ3) is 2.71. The van der Waals surface area contributed by atoms with E-state index in [0.717, 1.165) is 12.8 Å². The van der Waals surface area contributed by atoms with Crippen LogP contribution in [0.3, 0.4) is 0 Å². The maximum absolute atomic E-state index is 11.4. The second-order valence-electron chi connectivity index (χ2n) is 3.66. The SMILES string of the molecule is O=C(Nc1cc(Cl)c(O)c(Cl)c1)NC1CC1. The van der Waals surface area contributed by atoms with Crippen LogP contribution in [-0.4, -0.2) is 17.2 Å². The Kier molecular flexibility index (Phi) is 3.12. The van der Waals surface area contributed by atoms with Gasteiger partial charge in [-0.1, -0.05) is 23.2 Å². The first-order valence-corrected chi connectivity index (χ1v) is 5.57. The molecule has 0 bridgehead atoms. The molecule has 1 aliphatic rings. The summed E-state index contributed by atoms with van der Waals surface area (Å²) in [4.78, 5) is 11.4. The number of hydrogen-bond donors (Lipinski definition) is 3. The molecule has 86 valence electrons. The van der Waals surface area contributed by atoms with Crippen LogP contribution >= 0.6 is 23.2 Å². The fourth-order valence-electron chi connectivity index (χ4n) is 1.22. The lowest BCUT2D eigenvalue weighted by Gasteiger charge is -2.08. The van der Waals surface area contributed by atoms with Gasteiger partial charge in [-0.15, -0.1) is 0 Å². The van der Waals surface area contributed by atoms with Gasteiger partial charge in [0, 0.05) is 11.7 Å². The smallest absolute Gasteiger partial charge is 0.319 e. The van der Waals surface area contributed by atoms with Gasteiger partial charge < -0.3 is 15.7 Å². The predicted octanol–water partition coefficient (Wildman–Crippen LogP) is 2.98. The van der Waals surface area contributed by atoms with Crippen LogP contribution in [0.2, 0.25) is 10.0 Å². The molecule has 2 amide bonds. The largest absolute Gasteiger partial charge is 0.505 e. The van der Waals surface area contributed by atoms with E-state index in [4.69, 9.17) is 23.2 Å². The number of rotatable bonds is 2. The molecule has 0 heterocycles. The van der Waals surface area contributed by atoms with E-state index < -0.39 is 0 Å². The summed E-state index contributed by atoms with van der Waals surface area (Å²) in [6.45, 7) is 0. The molecule has 0 atom stereocenters. The predicted molar refractivity (Wildman–Crippen MR) is 63.3 cm³/mol. The Morgan fingerprint density at radius 1 is 1.31 bits per heavy atom. The van der Waals surface area contributed by atoms with Crippen molar-refractivity contribution >= 4 is 34.9 Å². The van der Waals surface area contributed by atoms with E-state index in [9.17, 15) is 9.90 Å². The highest BCUT2D eigenvalue weighted by atomic mass is 35.5. The summed E-state index contributed by atoms with van der Waals surface area (Å²) in [7, 11) is 0. The summed E-state index contributed by atoms with van der Waals surface area (Å²) in [5.41, 5.74) is 0.450. The lowest BCUT2D eigenvalue weighted by atomic mass is 10.3. The monoisotopic (exact) mass is 260 g/mol. The fourth-order valence-corrected chi connectivity index (χ4v) is 1.70. The van der Waals surface area contributed by atoms with Gasteiger partial charge in [0.1, 0.15) is 0 Å². The first kappa shape index (κ1) is 11.4. The zero-order chi connectivity index (χ0) is 11.7. The van der Waals surface area contributed by atoms with Crippen LogP contribution in [0.4, 0.5) is 10.5 Å². The number of amides is 2. The molecule has 1 fully saturated rings. The molecule has 2 rings (SSSR count). The number of anilines is 1. The average molecular weight is 261 g/mol. The molecule has 1 aliphatic carbocycles. The Bertz CT molecular complexity index is 410. The lowest BCUT2D eigenvalue weighted by molar-refractivity contribution is 0.251. The molecule has 1 aromatic rings. The Morgan fingerprint density at radius 3 is 2.38 bits per heavy atom. The molecular weight excluding hydrogens is 251 g/mol. The topological polar surface area (TPSA) is 61.4 Å². The van der Waals surface area contributed by atoms with Crippen molar-refractivity contribution in [3.05, 3.63) is 22.2 Å². The van der Waals surface area contributed by atoms with E-state index in [1.54, 1.807) is 0 Å². The van der Waals surface area contributed by atoms with Gasteiger partial charge in [0.25, 0.3) is 0 Å². The van der Waals surface area contributed by atoms with Gasteiger partial charge in [-0.2, -0.15) is 0 Å². The number of urea groups is 1. The van der Waals surface area contributed by atoms with Crippen LogP contribution in [0.25, 0.3) is 0 Å². The summed E-state index contributed by atoms with van der Waals surface area (Å²) in [5, 5.41) is 14.9. The molecule has 4 nitrogen and oxygen atoms in total. The van der Waals surface area contributed by atoms with Gasteiger partial charge in [-0.05, 0) is 25.0 Å². The molecule has 3 N–H and O–H groups in total. The van der Waals surface area contributed by atoms with Crippen LogP contribution in [-0.2, 0) is 0 Å². The third-order valence-electron chi connectivity index (χ3n) is 2.19. The standard InChI is InChI=1S/C10H10Cl2N2O2/c11-7-3-6(4-8(12)9(7)15)14-10(16)13-5-1-2-5/h3-5,15H,1-2H2,(H2,13,14,16). The Labute approximate surface area is 103 Å². The van der Waals surface area contributed by atoms with Crippen LogP contribution in [0.1, 0.15) is 12.8 Å². The van der Waals surface area contributed by atoms with E-state index in [1.165, 1.54) is 12.1 Å². The second-order valence-corrected chi connectivity index (χ2v) is 4.48. The minimum Gasteiger partial charge on any atom is -0.505 e. The minimum absolute atomic E-state index is 0.106. The number of phenolic OH excluding ortho intramolecular Hbond substituents is 1. The molecule has 1 aromatic carbocycles. The maximum atomic E-state index is 11.4. The zero-order valence-electron chi connectivity index (χ0n) is 8.26. The number of carbonyl (C=O) groups is 1. The van der Waals surface area contributed by atoms with Gasteiger partial charge >= 0.3 is 6.03 Å². The normalized spacial score (nSPS) is 14.6. The van der Waals surface area contributed by atoms with E-state index in [2.05, 4.69) is 10.6 Å². The summed E-state index contributed by atoms with van der Waals surface area (Å²) >= 11 is 11.4. The molecule has 16 heavy (non-hydrogen) atoms. The lowest BCUT2D eigenvalue weighted by Crippen LogP contribution is -2.30. The molecule has 0 spiro atoms. The third-order valence-corrected chi connectivity index (χ3v) is 2.76. The van der Waals surface area contributed by atoms with Crippen LogP contribution in [0.5, 0.6) is 5.75 Å². The molecule has 0 unspecified atom stereocenters. The number of hydrogen-bond acceptors (Lipinski definition) is 2. The Morgan fingerprint density at radius 2 is 1.88 bits per heavy atom. The second kappa shape index (κ2) is 4.39. The Balaban J connectivity index is 2.05.